The van der Waals surface area contributed by atoms with Gasteiger partial charge in [-0.05, 0) is 30.3 Å². The second kappa shape index (κ2) is 5.53. The summed E-state index contributed by atoms with van der Waals surface area (Å²) in [6.07, 6.45) is 0. The monoisotopic (exact) mass is 239 g/mol. The summed E-state index contributed by atoms with van der Waals surface area (Å²) in [7, 11) is 0. The van der Waals surface area contributed by atoms with E-state index < -0.39 is 0 Å². The smallest absolute Gasteiger partial charge is 0.110 e. The molecule has 2 aromatic rings. The van der Waals surface area contributed by atoms with Crippen molar-refractivity contribution in [1.82, 2.24) is 0 Å². The quantitative estimate of drug-likeness (QED) is 0.578. The van der Waals surface area contributed by atoms with E-state index in [9.17, 15) is 0 Å². The highest BCUT2D eigenvalue weighted by Gasteiger charge is 2.11. The maximum Gasteiger partial charge on any atom is 0.110 e. The van der Waals surface area contributed by atoms with Gasteiger partial charge in [0.15, 0.2) is 0 Å². The molecule has 0 spiro atoms. The van der Waals surface area contributed by atoms with Crippen molar-refractivity contribution in [2.45, 2.75) is 13.0 Å². The molecule has 0 N–H and O–H groups in total. The van der Waals surface area contributed by atoms with Crippen LogP contribution < -0.4 is 0 Å². The fraction of sp³-hybridized carbons (Fsp3) is 0.133. The first-order valence-electron chi connectivity index (χ1n) is 5.50. The zero-order valence-electron chi connectivity index (χ0n) is 9.63. The molecule has 1 nitrogen and oxygen atoms in total. The molecule has 2 rings (SSSR count). The fourth-order valence-electron chi connectivity index (χ4n) is 1.87. The van der Waals surface area contributed by atoms with Crippen molar-refractivity contribution in [3.05, 3.63) is 71.3 Å². The van der Waals surface area contributed by atoms with E-state index in [0.29, 0.717) is 0 Å². The third-order valence-corrected chi connectivity index (χ3v) is 2.76. The number of rotatable bonds is 3. The molecule has 0 radical (unpaired) electrons. The topological polar surface area (TPSA) is 12.4 Å². The van der Waals surface area contributed by atoms with Crippen LogP contribution in [0.5, 0.6) is 0 Å². The summed E-state index contributed by atoms with van der Waals surface area (Å²) < 4.78 is 0. The minimum absolute atomic E-state index is 0.0476. The predicted molar refractivity (Wildman–Crippen MR) is 74.5 cm³/mol. The van der Waals surface area contributed by atoms with Gasteiger partial charge in [-0.3, -0.25) is 0 Å². The zero-order chi connectivity index (χ0) is 12.1. The van der Waals surface area contributed by atoms with Crippen LogP contribution in [-0.4, -0.2) is 5.16 Å². The highest BCUT2D eigenvalue weighted by Crippen LogP contribution is 2.25. The van der Waals surface area contributed by atoms with Crippen molar-refractivity contribution >= 4 is 17.4 Å². The summed E-state index contributed by atoms with van der Waals surface area (Å²) in [4.78, 5) is 4.27. The number of benzene rings is 2. The predicted octanol–water partition coefficient (Wildman–Crippen LogP) is 4.19. The van der Waals surface area contributed by atoms with Gasteiger partial charge in [0, 0.05) is 0 Å². The average molecular weight is 239 g/mol. The van der Waals surface area contributed by atoms with Gasteiger partial charge in [-0.2, -0.15) is 0 Å². The molecule has 0 aliphatic heterocycles. The van der Waals surface area contributed by atoms with E-state index in [2.05, 4.69) is 47.4 Å². The maximum atomic E-state index is 4.74. The molecule has 84 valence electrons. The number of isothiocyanates is 1. The number of nitrogens with zero attached hydrogens (tertiary/aromatic N) is 1. The number of thiocarbonyl (C=S) groups is 1. The lowest BCUT2D eigenvalue weighted by Gasteiger charge is -2.12. The third-order valence-electron chi connectivity index (χ3n) is 2.65. The van der Waals surface area contributed by atoms with Gasteiger partial charge in [-0.25, -0.2) is 4.99 Å². The van der Waals surface area contributed by atoms with Crippen LogP contribution in [0, 0.1) is 6.92 Å². The van der Waals surface area contributed by atoms with Crippen LogP contribution in [0.4, 0.5) is 0 Å². The van der Waals surface area contributed by atoms with Gasteiger partial charge in [0.05, 0.1) is 5.16 Å². The molecule has 0 aliphatic rings. The summed E-state index contributed by atoms with van der Waals surface area (Å²) in [5, 5.41) is 2.49. The summed E-state index contributed by atoms with van der Waals surface area (Å²) in [6, 6.07) is 18.4. The van der Waals surface area contributed by atoms with Gasteiger partial charge < -0.3 is 0 Å². The number of aryl methyl sites for hydroxylation is 1. The van der Waals surface area contributed by atoms with Gasteiger partial charge in [-0.15, -0.1) is 0 Å². The van der Waals surface area contributed by atoms with Crippen molar-refractivity contribution in [3.63, 3.8) is 0 Å². The first-order valence-corrected chi connectivity index (χ1v) is 5.90. The van der Waals surface area contributed by atoms with Crippen molar-refractivity contribution in [1.29, 1.82) is 0 Å². The summed E-state index contributed by atoms with van der Waals surface area (Å²) in [6.45, 7) is 2.08. The summed E-state index contributed by atoms with van der Waals surface area (Å²) in [5.41, 5.74) is 3.51. The Hall–Kier alpha value is -1.76. The standard InChI is InChI=1S/C15H13NS/c1-12-6-5-9-14(10-12)15(16-11-17)13-7-3-2-4-8-13/h2-10,15H,1H3. The second-order valence-corrected chi connectivity index (χ2v) is 4.13. The van der Waals surface area contributed by atoms with Gasteiger partial charge in [0.1, 0.15) is 6.04 Å². The Kier molecular flexibility index (Phi) is 3.81. The van der Waals surface area contributed by atoms with Crippen molar-refractivity contribution in [2.24, 2.45) is 4.99 Å². The Morgan fingerprint density at radius 2 is 1.71 bits per heavy atom. The van der Waals surface area contributed by atoms with E-state index in [-0.39, 0.29) is 6.04 Å². The summed E-state index contributed by atoms with van der Waals surface area (Å²) >= 11 is 4.74. The highest BCUT2D eigenvalue weighted by molar-refractivity contribution is 7.78. The fourth-order valence-corrected chi connectivity index (χ4v) is 1.98. The van der Waals surface area contributed by atoms with Crippen LogP contribution in [-0.2, 0) is 0 Å². The highest BCUT2D eigenvalue weighted by atomic mass is 32.1. The Balaban J connectivity index is 2.46. The zero-order valence-corrected chi connectivity index (χ0v) is 10.4. The minimum atomic E-state index is -0.0476. The normalized spacial score (nSPS) is 11.6. The lowest BCUT2D eigenvalue weighted by molar-refractivity contribution is 0.880. The SMILES string of the molecule is Cc1cccc(C(N=C=S)c2ccccc2)c1. The van der Waals surface area contributed by atoms with Crippen LogP contribution in [0.15, 0.2) is 59.6 Å². The Labute approximate surface area is 107 Å². The van der Waals surface area contributed by atoms with Crippen LogP contribution in [0.3, 0.4) is 0 Å². The first-order chi connectivity index (χ1) is 8.31. The molecule has 0 fully saturated rings. The first kappa shape index (κ1) is 11.7. The molecular weight excluding hydrogens is 226 g/mol. The van der Waals surface area contributed by atoms with Crippen LogP contribution in [0.25, 0.3) is 0 Å². The molecular formula is C15H13NS. The third kappa shape index (κ3) is 2.88. The van der Waals surface area contributed by atoms with Crippen LogP contribution in [0.1, 0.15) is 22.7 Å². The van der Waals surface area contributed by atoms with Crippen molar-refractivity contribution in [3.8, 4) is 0 Å². The average Bonchev–Trinajstić information content (AvgIpc) is 2.37. The second-order valence-electron chi connectivity index (χ2n) is 3.95. The Morgan fingerprint density at radius 3 is 2.35 bits per heavy atom. The van der Waals surface area contributed by atoms with Crippen LogP contribution >= 0.6 is 12.2 Å². The lowest BCUT2D eigenvalue weighted by Crippen LogP contribution is -1.97. The van der Waals surface area contributed by atoms with E-state index >= 15 is 0 Å². The number of hydrogen-bond acceptors (Lipinski definition) is 2. The number of hydrogen-bond donors (Lipinski definition) is 0. The molecule has 2 heteroatoms. The van der Waals surface area contributed by atoms with Crippen LogP contribution in [0.2, 0.25) is 0 Å². The van der Waals surface area contributed by atoms with E-state index in [1.165, 1.54) is 5.56 Å². The summed E-state index contributed by atoms with van der Waals surface area (Å²) in [5.74, 6) is 0. The lowest BCUT2D eigenvalue weighted by atomic mass is 9.98. The molecule has 0 heterocycles. The van der Waals surface area contributed by atoms with Gasteiger partial charge >= 0.3 is 0 Å². The Morgan fingerprint density at radius 1 is 1.00 bits per heavy atom. The molecule has 17 heavy (non-hydrogen) atoms. The number of aliphatic imine (C=N–C) groups is 1. The van der Waals surface area contributed by atoms with E-state index in [1.807, 2.05) is 24.3 Å². The Bertz CT molecular complexity index is 542. The van der Waals surface area contributed by atoms with E-state index in [0.717, 1.165) is 11.1 Å². The molecule has 0 aromatic heterocycles. The van der Waals surface area contributed by atoms with Gasteiger partial charge in [-0.1, -0.05) is 60.2 Å². The molecule has 0 saturated carbocycles. The van der Waals surface area contributed by atoms with Crippen molar-refractivity contribution in [2.75, 3.05) is 0 Å². The van der Waals surface area contributed by atoms with Gasteiger partial charge in [0.25, 0.3) is 0 Å². The molecule has 0 amide bonds. The van der Waals surface area contributed by atoms with Crippen molar-refractivity contribution < 1.29 is 0 Å². The molecule has 1 unspecified atom stereocenters. The molecule has 1 atom stereocenters. The minimum Gasteiger partial charge on any atom is -0.219 e. The molecule has 0 aliphatic carbocycles. The van der Waals surface area contributed by atoms with Gasteiger partial charge in [0.2, 0.25) is 0 Å². The van der Waals surface area contributed by atoms with E-state index in [1.54, 1.807) is 0 Å². The molecule has 0 bridgehead atoms. The largest absolute Gasteiger partial charge is 0.219 e. The maximum absolute atomic E-state index is 4.74. The molecule has 0 saturated heterocycles. The molecule has 2 aromatic carbocycles. The van der Waals surface area contributed by atoms with E-state index in [4.69, 9.17) is 12.2 Å².